The maximum atomic E-state index is 13.0. The average Bonchev–Trinajstić information content (AvgIpc) is 3.47. The number of fused-ring (bicyclic) bond motifs is 1. The number of amides is 1. The van der Waals surface area contributed by atoms with Gasteiger partial charge in [-0.15, -0.1) is 0 Å². The van der Waals surface area contributed by atoms with Crippen LogP contribution >= 0.6 is 0 Å². The van der Waals surface area contributed by atoms with Crippen LogP contribution in [0, 0.1) is 5.92 Å². The number of para-hydroxylation sites is 1. The molecule has 0 atom stereocenters. The van der Waals surface area contributed by atoms with E-state index in [0.717, 1.165) is 5.56 Å². The smallest absolute Gasteiger partial charge is 0.262 e. The summed E-state index contributed by atoms with van der Waals surface area (Å²) in [7, 11) is 0. The molecule has 1 heterocycles. The maximum Gasteiger partial charge on any atom is 0.262 e. The fourth-order valence-electron chi connectivity index (χ4n) is 2.90. The van der Waals surface area contributed by atoms with Crippen LogP contribution in [0.15, 0.2) is 59.4 Å². The lowest BCUT2D eigenvalue weighted by Crippen LogP contribution is -2.34. The number of carbonyl (C=O) groups is 1. The van der Waals surface area contributed by atoms with Crippen molar-refractivity contribution in [2.24, 2.45) is 5.92 Å². The summed E-state index contributed by atoms with van der Waals surface area (Å²) in [5.74, 6) is 0.970. The van der Waals surface area contributed by atoms with Gasteiger partial charge < -0.3 is 5.32 Å². The predicted octanol–water partition coefficient (Wildman–Crippen LogP) is 2.59. The Bertz CT molecular complexity index is 975. The Morgan fingerprint density at radius 1 is 1.08 bits per heavy atom. The standard InChI is InChI=1S/C20H19N3O2/c24-18(21-12-14-10-11-14)13-23-19(15-6-2-1-3-7-15)22-17-9-5-4-8-16(17)20(23)25/h1-9,14H,10-13H2,(H,21,24). The SMILES string of the molecule is O=C(Cn1c(-c2ccccc2)nc2ccccc2c1=O)NCC1CC1. The molecule has 1 amide bonds. The molecule has 0 radical (unpaired) electrons. The second kappa shape index (κ2) is 6.51. The van der Waals surface area contributed by atoms with Gasteiger partial charge in [0.15, 0.2) is 0 Å². The highest BCUT2D eigenvalue weighted by Gasteiger charge is 2.22. The van der Waals surface area contributed by atoms with Gasteiger partial charge in [0, 0.05) is 12.1 Å². The van der Waals surface area contributed by atoms with E-state index in [1.54, 1.807) is 6.07 Å². The monoisotopic (exact) mass is 333 g/mol. The van der Waals surface area contributed by atoms with Crippen molar-refractivity contribution in [2.75, 3.05) is 6.54 Å². The van der Waals surface area contributed by atoms with Crippen LogP contribution in [0.5, 0.6) is 0 Å². The highest BCUT2D eigenvalue weighted by molar-refractivity contribution is 5.81. The van der Waals surface area contributed by atoms with Gasteiger partial charge in [0.05, 0.1) is 10.9 Å². The van der Waals surface area contributed by atoms with Crippen LogP contribution in [0.2, 0.25) is 0 Å². The number of nitrogens with zero attached hydrogens (tertiary/aromatic N) is 2. The van der Waals surface area contributed by atoms with Crippen molar-refractivity contribution < 1.29 is 4.79 Å². The Morgan fingerprint density at radius 2 is 1.80 bits per heavy atom. The van der Waals surface area contributed by atoms with E-state index >= 15 is 0 Å². The fraction of sp³-hybridized carbons (Fsp3) is 0.250. The van der Waals surface area contributed by atoms with Crippen molar-refractivity contribution in [1.82, 2.24) is 14.9 Å². The van der Waals surface area contributed by atoms with Crippen LogP contribution in [0.25, 0.3) is 22.3 Å². The van der Waals surface area contributed by atoms with E-state index in [4.69, 9.17) is 0 Å². The molecule has 1 aliphatic carbocycles. The minimum absolute atomic E-state index is 0.0202. The third-order valence-corrected chi connectivity index (χ3v) is 4.48. The first-order valence-corrected chi connectivity index (χ1v) is 8.54. The molecular formula is C20H19N3O2. The van der Waals surface area contributed by atoms with Crippen molar-refractivity contribution >= 4 is 16.8 Å². The van der Waals surface area contributed by atoms with Crippen molar-refractivity contribution in [2.45, 2.75) is 19.4 Å². The first-order valence-electron chi connectivity index (χ1n) is 8.54. The van der Waals surface area contributed by atoms with Gasteiger partial charge in [-0.05, 0) is 30.9 Å². The van der Waals surface area contributed by atoms with Crippen LogP contribution in [-0.2, 0) is 11.3 Å². The van der Waals surface area contributed by atoms with Gasteiger partial charge in [0.1, 0.15) is 12.4 Å². The van der Waals surface area contributed by atoms with E-state index in [9.17, 15) is 9.59 Å². The van der Waals surface area contributed by atoms with E-state index in [2.05, 4.69) is 10.3 Å². The van der Waals surface area contributed by atoms with Crippen molar-refractivity contribution in [3.05, 3.63) is 65.0 Å². The number of carbonyl (C=O) groups excluding carboxylic acids is 1. The molecule has 0 saturated heterocycles. The molecule has 1 saturated carbocycles. The Hall–Kier alpha value is -2.95. The van der Waals surface area contributed by atoms with E-state index < -0.39 is 0 Å². The van der Waals surface area contributed by atoms with Crippen LogP contribution in [0.1, 0.15) is 12.8 Å². The number of nitrogens with one attached hydrogen (secondary N) is 1. The molecule has 4 rings (SSSR count). The fourth-order valence-corrected chi connectivity index (χ4v) is 2.90. The average molecular weight is 333 g/mol. The third-order valence-electron chi connectivity index (χ3n) is 4.48. The summed E-state index contributed by atoms with van der Waals surface area (Å²) in [6, 6.07) is 16.7. The second-order valence-electron chi connectivity index (χ2n) is 6.46. The third kappa shape index (κ3) is 3.31. The number of hydrogen-bond donors (Lipinski definition) is 1. The summed E-state index contributed by atoms with van der Waals surface area (Å²) in [5, 5.41) is 3.45. The zero-order chi connectivity index (χ0) is 17.2. The van der Waals surface area contributed by atoms with E-state index in [1.165, 1.54) is 17.4 Å². The highest BCUT2D eigenvalue weighted by Crippen LogP contribution is 2.27. The van der Waals surface area contributed by atoms with Crippen molar-refractivity contribution in [1.29, 1.82) is 0 Å². The van der Waals surface area contributed by atoms with Gasteiger partial charge in [-0.2, -0.15) is 0 Å². The summed E-state index contributed by atoms with van der Waals surface area (Å²) in [4.78, 5) is 29.9. The molecule has 0 spiro atoms. The van der Waals surface area contributed by atoms with Crippen LogP contribution in [-0.4, -0.2) is 22.0 Å². The molecule has 5 heteroatoms. The largest absolute Gasteiger partial charge is 0.354 e. The molecule has 3 aromatic rings. The molecule has 5 nitrogen and oxygen atoms in total. The maximum absolute atomic E-state index is 13.0. The Kier molecular flexibility index (Phi) is 4.06. The van der Waals surface area contributed by atoms with Gasteiger partial charge >= 0.3 is 0 Å². The first kappa shape index (κ1) is 15.6. The Labute approximate surface area is 145 Å². The Balaban J connectivity index is 1.77. The molecule has 1 aromatic heterocycles. The summed E-state index contributed by atoms with van der Waals surface area (Å²) < 4.78 is 1.47. The number of hydrogen-bond acceptors (Lipinski definition) is 3. The lowest BCUT2D eigenvalue weighted by atomic mass is 10.2. The van der Waals surface area contributed by atoms with Gasteiger partial charge in [0.2, 0.25) is 5.91 Å². The quantitative estimate of drug-likeness (QED) is 0.780. The van der Waals surface area contributed by atoms with Crippen LogP contribution < -0.4 is 10.9 Å². The first-order chi connectivity index (χ1) is 12.2. The lowest BCUT2D eigenvalue weighted by Gasteiger charge is -2.13. The van der Waals surface area contributed by atoms with E-state index in [-0.39, 0.29) is 18.0 Å². The minimum atomic E-state index is -0.189. The summed E-state index contributed by atoms with van der Waals surface area (Å²) in [6.45, 7) is 0.670. The van der Waals surface area contributed by atoms with Gasteiger partial charge in [0.25, 0.3) is 5.56 Å². The van der Waals surface area contributed by atoms with Crippen molar-refractivity contribution in [3.8, 4) is 11.4 Å². The summed E-state index contributed by atoms with van der Waals surface area (Å²) in [5.41, 5.74) is 1.27. The van der Waals surface area contributed by atoms with E-state index in [1.807, 2.05) is 48.5 Å². The van der Waals surface area contributed by atoms with Gasteiger partial charge in [-0.25, -0.2) is 4.98 Å². The van der Waals surface area contributed by atoms with Crippen molar-refractivity contribution in [3.63, 3.8) is 0 Å². The zero-order valence-corrected chi connectivity index (χ0v) is 13.8. The molecule has 0 unspecified atom stereocenters. The van der Waals surface area contributed by atoms with Crippen LogP contribution in [0.3, 0.4) is 0 Å². The molecule has 1 aliphatic rings. The molecule has 25 heavy (non-hydrogen) atoms. The number of benzene rings is 2. The topological polar surface area (TPSA) is 64.0 Å². The summed E-state index contributed by atoms with van der Waals surface area (Å²) >= 11 is 0. The lowest BCUT2D eigenvalue weighted by molar-refractivity contribution is -0.121. The molecular weight excluding hydrogens is 314 g/mol. The number of aromatic nitrogens is 2. The molecule has 0 bridgehead atoms. The molecule has 0 aliphatic heterocycles. The zero-order valence-electron chi connectivity index (χ0n) is 13.8. The minimum Gasteiger partial charge on any atom is -0.354 e. The molecule has 1 N–H and O–H groups in total. The molecule has 126 valence electrons. The Morgan fingerprint density at radius 3 is 2.56 bits per heavy atom. The molecule has 2 aromatic carbocycles. The van der Waals surface area contributed by atoms with Gasteiger partial charge in [-0.3, -0.25) is 14.2 Å². The molecule has 1 fully saturated rings. The van der Waals surface area contributed by atoms with E-state index in [0.29, 0.717) is 29.2 Å². The normalized spacial score (nSPS) is 13.8. The predicted molar refractivity (Wildman–Crippen MR) is 97.2 cm³/mol. The van der Waals surface area contributed by atoms with Gasteiger partial charge in [-0.1, -0.05) is 42.5 Å². The second-order valence-corrected chi connectivity index (χ2v) is 6.46. The summed E-state index contributed by atoms with van der Waals surface area (Å²) in [6.07, 6.45) is 2.35. The highest BCUT2D eigenvalue weighted by atomic mass is 16.2. The number of rotatable bonds is 5. The van der Waals surface area contributed by atoms with Crippen LogP contribution in [0.4, 0.5) is 0 Å².